The van der Waals surface area contributed by atoms with Gasteiger partial charge in [-0.1, -0.05) is 42.5 Å². The van der Waals surface area contributed by atoms with Gasteiger partial charge in [-0.3, -0.25) is 9.59 Å². The highest BCUT2D eigenvalue weighted by Gasteiger charge is 2.14. The average Bonchev–Trinajstić information content (AvgIpc) is 3.19. The van der Waals surface area contributed by atoms with Gasteiger partial charge in [-0.25, -0.2) is 0 Å². The van der Waals surface area contributed by atoms with Crippen LogP contribution in [0.4, 0.5) is 0 Å². The first-order chi connectivity index (χ1) is 12.6. The molecule has 0 fully saturated rings. The molecule has 0 spiro atoms. The van der Waals surface area contributed by atoms with E-state index in [2.05, 4.69) is 0 Å². The number of pyridine rings is 1. The molecule has 0 aliphatic rings. The zero-order valence-electron chi connectivity index (χ0n) is 14.3. The van der Waals surface area contributed by atoms with Crippen LogP contribution in [0.1, 0.15) is 15.2 Å². The first-order valence-electron chi connectivity index (χ1n) is 8.39. The van der Waals surface area contributed by atoms with Crippen molar-refractivity contribution >= 4 is 28.0 Å². The highest BCUT2D eigenvalue weighted by Crippen LogP contribution is 2.22. The maximum Gasteiger partial charge on any atom is 0.197 e. The van der Waals surface area contributed by atoms with Crippen molar-refractivity contribution in [1.29, 1.82) is 0 Å². The summed E-state index contributed by atoms with van der Waals surface area (Å²) in [4.78, 5) is 26.4. The van der Waals surface area contributed by atoms with E-state index in [9.17, 15) is 9.59 Å². The lowest BCUT2D eigenvalue weighted by atomic mass is 10.0. The maximum atomic E-state index is 13.0. The number of nitrogens with zero attached hydrogens (tertiary/aromatic N) is 1. The number of fused-ring (bicyclic) bond motifs is 1. The number of aromatic nitrogens is 1. The molecular formula is C22H17NO2S. The minimum atomic E-state index is -0.00831. The van der Waals surface area contributed by atoms with Gasteiger partial charge in [-0.2, -0.15) is 0 Å². The third-order valence-corrected chi connectivity index (χ3v) is 5.34. The lowest BCUT2D eigenvalue weighted by molar-refractivity contribution is 0.0977. The van der Waals surface area contributed by atoms with Crippen LogP contribution in [-0.2, 0) is 6.54 Å². The van der Waals surface area contributed by atoms with Crippen LogP contribution in [0.5, 0.6) is 0 Å². The van der Waals surface area contributed by atoms with Crippen molar-refractivity contribution in [3.8, 4) is 11.1 Å². The standard InChI is InChI=1S/C22H17NO2S/c1-15-9-10-17-19(12-15)23(14-20(24)21-8-5-11-26-21)13-18(22(17)25)16-6-3-2-4-7-16/h2-13H,14H2,1H3. The van der Waals surface area contributed by atoms with Crippen LogP contribution in [0, 0.1) is 6.92 Å². The first kappa shape index (κ1) is 16.5. The van der Waals surface area contributed by atoms with Crippen LogP contribution in [0.25, 0.3) is 22.0 Å². The molecule has 0 unspecified atom stereocenters. The molecule has 0 amide bonds. The molecule has 4 heteroatoms. The third-order valence-electron chi connectivity index (χ3n) is 4.43. The minimum Gasteiger partial charge on any atom is -0.339 e. The number of carbonyl (C=O) groups is 1. The van der Waals surface area contributed by atoms with E-state index in [1.807, 2.05) is 83.7 Å². The van der Waals surface area contributed by atoms with Crippen LogP contribution in [0.2, 0.25) is 0 Å². The van der Waals surface area contributed by atoms with Crippen molar-refractivity contribution in [3.63, 3.8) is 0 Å². The number of Topliss-reactive ketones (excluding diaryl/α,β-unsaturated/α-hetero) is 1. The molecular weight excluding hydrogens is 342 g/mol. The number of rotatable bonds is 4. The van der Waals surface area contributed by atoms with E-state index >= 15 is 0 Å². The van der Waals surface area contributed by atoms with Crippen LogP contribution >= 0.6 is 11.3 Å². The predicted molar refractivity (Wildman–Crippen MR) is 107 cm³/mol. The van der Waals surface area contributed by atoms with Gasteiger partial charge < -0.3 is 4.57 Å². The monoisotopic (exact) mass is 359 g/mol. The van der Waals surface area contributed by atoms with E-state index in [0.29, 0.717) is 10.9 Å². The molecule has 0 bridgehead atoms. The molecule has 0 atom stereocenters. The lowest BCUT2D eigenvalue weighted by Crippen LogP contribution is -2.16. The molecule has 4 aromatic rings. The van der Waals surface area contributed by atoms with Crippen molar-refractivity contribution in [1.82, 2.24) is 4.57 Å². The number of aryl methyl sites for hydroxylation is 1. The Morgan fingerprint density at radius 1 is 1.04 bits per heavy atom. The molecule has 0 radical (unpaired) electrons. The summed E-state index contributed by atoms with van der Waals surface area (Å²) < 4.78 is 1.90. The second-order valence-electron chi connectivity index (χ2n) is 6.29. The van der Waals surface area contributed by atoms with E-state index in [0.717, 1.165) is 21.5 Å². The molecule has 0 aliphatic carbocycles. The van der Waals surface area contributed by atoms with E-state index < -0.39 is 0 Å². The van der Waals surface area contributed by atoms with Crippen molar-refractivity contribution in [2.75, 3.05) is 0 Å². The van der Waals surface area contributed by atoms with Gasteiger partial charge in [-0.05, 0) is 41.6 Å². The van der Waals surface area contributed by atoms with Crippen LogP contribution in [-0.4, -0.2) is 10.4 Å². The highest BCUT2D eigenvalue weighted by atomic mass is 32.1. The summed E-state index contributed by atoms with van der Waals surface area (Å²) in [5, 5.41) is 2.53. The van der Waals surface area contributed by atoms with E-state index in [1.54, 1.807) is 0 Å². The van der Waals surface area contributed by atoms with Gasteiger partial charge in [-0.15, -0.1) is 11.3 Å². The molecule has 3 nitrogen and oxygen atoms in total. The topological polar surface area (TPSA) is 39.1 Å². The number of ketones is 1. The summed E-state index contributed by atoms with van der Waals surface area (Å²) in [6.07, 6.45) is 1.81. The molecule has 0 saturated carbocycles. The Hall–Kier alpha value is -2.98. The second-order valence-corrected chi connectivity index (χ2v) is 7.23. The molecule has 2 aromatic carbocycles. The molecule has 0 N–H and O–H groups in total. The van der Waals surface area contributed by atoms with E-state index in [1.165, 1.54) is 11.3 Å². The Balaban J connectivity index is 1.92. The molecule has 0 saturated heterocycles. The molecule has 4 rings (SSSR count). The summed E-state index contributed by atoms with van der Waals surface area (Å²) >= 11 is 1.44. The zero-order chi connectivity index (χ0) is 18.1. The molecule has 26 heavy (non-hydrogen) atoms. The fourth-order valence-corrected chi connectivity index (χ4v) is 3.78. The summed E-state index contributed by atoms with van der Waals surface area (Å²) in [5.41, 5.74) is 3.31. The summed E-state index contributed by atoms with van der Waals surface area (Å²) in [5.74, 6) is 0.0467. The van der Waals surface area contributed by atoms with Gasteiger partial charge in [0.15, 0.2) is 11.2 Å². The van der Waals surface area contributed by atoms with Crippen molar-refractivity contribution in [2.45, 2.75) is 13.5 Å². The Morgan fingerprint density at radius 2 is 1.85 bits per heavy atom. The van der Waals surface area contributed by atoms with E-state index in [4.69, 9.17) is 0 Å². The SMILES string of the molecule is Cc1ccc2c(=O)c(-c3ccccc3)cn(CC(=O)c3cccs3)c2c1. The van der Waals surface area contributed by atoms with Crippen molar-refractivity contribution < 1.29 is 4.79 Å². The fourth-order valence-electron chi connectivity index (χ4n) is 3.12. The Morgan fingerprint density at radius 3 is 2.58 bits per heavy atom. The summed E-state index contributed by atoms with van der Waals surface area (Å²) in [6.45, 7) is 2.20. The number of thiophene rings is 1. The van der Waals surface area contributed by atoms with Gasteiger partial charge in [0.2, 0.25) is 0 Å². The van der Waals surface area contributed by atoms with Crippen LogP contribution in [0.15, 0.2) is 77.0 Å². The summed E-state index contributed by atoms with van der Waals surface area (Å²) in [7, 11) is 0. The normalized spacial score (nSPS) is 11.0. The Labute approximate surface area is 155 Å². The number of hydrogen-bond acceptors (Lipinski definition) is 3. The first-order valence-corrected chi connectivity index (χ1v) is 9.27. The van der Waals surface area contributed by atoms with Crippen molar-refractivity contribution in [3.05, 3.63) is 92.9 Å². The number of carbonyl (C=O) groups excluding carboxylic acids is 1. The van der Waals surface area contributed by atoms with Crippen molar-refractivity contribution in [2.24, 2.45) is 0 Å². The molecule has 0 aliphatic heterocycles. The Bertz CT molecular complexity index is 1140. The van der Waals surface area contributed by atoms with Gasteiger partial charge in [0.1, 0.15) is 0 Å². The average molecular weight is 359 g/mol. The number of hydrogen-bond donors (Lipinski definition) is 0. The van der Waals surface area contributed by atoms with Gasteiger partial charge in [0.25, 0.3) is 0 Å². The second kappa shape index (κ2) is 6.73. The highest BCUT2D eigenvalue weighted by molar-refractivity contribution is 7.12. The van der Waals surface area contributed by atoms with Gasteiger partial charge in [0.05, 0.1) is 16.9 Å². The fraction of sp³-hybridized carbons (Fsp3) is 0.0909. The molecule has 2 aromatic heterocycles. The predicted octanol–water partition coefficient (Wildman–Crippen LogP) is 4.92. The third kappa shape index (κ3) is 3.00. The zero-order valence-corrected chi connectivity index (χ0v) is 15.1. The van der Waals surface area contributed by atoms with Gasteiger partial charge in [0, 0.05) is 17.1 Å². The number of benzene rings is 2. The van der Waals surface area contributed by atoms with Crippen LogP contribution < -0.4 is 5.43 Å². The largest absolute Gasteiger partial charge is 0.339 e. The molecule has 2 heterocycles. The lowest BCUT2D eigenvalue weighted by Gasteiger charge is -2.13. The minimum absolute atomic E-state index is 0.00831. The maximum absolute atomic E-state index is 13.0. The Kier molecular flexibility index (Phi) is 4.27. The van der Waals surface area contributed by atoms with Crippen LogP contribution in [0.3, 0.4) is 0 Å². The smallest absolute Gasteiger partial charge is 0.197 e. The summed E-state index contributed by atoms with van der Waals surface area (Å²) in [6, 6.07) is 19.0. The van der Waals surface area contributed by atoms with E-state index in [-0.39, 0.29) is 17.8 Å². The molecule has 128 valence electrons. The van der Waals surface area contributed by atoms with Gasteiger partial charge >= 0.3 is 0 Å². The quantitative estimate of drug-likeness (QED) is 0.485.